The maximum Gasteiger partial charge on any atom is 0.223 e. The number of rotatable bonds is 4. The summed E-state index contributed by atoms with van der Waals surface area (Å²) in [5.41, 5.74) is 1.44. The van der Waals surface area contributed by atoms with Crippen LogP contribution in [-0.4, -0.2) is 36.0 Å². The van der Waals surface area contributed by atoms with E-state index in [0.717, 1.165) is 32.4 Å². The average molecular weight is 306 g/mol. The van der Waals surface area contributed by atoms with E-state index < -0.39 is 0 Å². The number of carbonyl (C=O) groups is 1. The second-order valence-corrected chi connectivity index (χ2v) is 7.93. The van der Waals surface area contributed by atoms with Crippen LogP contribution in [0.4, 0.5) is 0 Å². The minimum absolute atomic E-state index is 0.385. The molecule has 0 spiro atoms. The van der Waals surface area contributed by atoms with Gasteiger partial charge in [0.1, 0.15) is 0 Å². The third-order valence-electron chi connectivity index (χ3n) is 4.92. The summed E-state index contributed by atoms with van der Waals surface area (Å²) in [4.78, 5) is 17.6. The van der Waals surface area contributed by atoms with Gasteiger partial charge in [-0.1, -0.05) is 0 Å². The van der Waals surface area contributed by atoms with Crippen molar-refractivity contribution >= 4 is 17.2 Å². The molecule has 0 aromatic carbocycles. The molecule has 3 rings (SSSR count). The Morgan fingerprint density at radius 2 is 2.14 bits per heavy atom. The molecule has 1 N–H and O–H groups in total. The normalized spacial score (nSPS) is 25.1. The van der Waals surface area contributed by atoms with E-state index in [9.17, 15) is 4.79 Å². The zero-order valence-corrected chi connectivity index (χ0v) is 14.0. The van der Waals surface area contributed by atoms with Crippen LogP contribution in [0, 0.1) is 13.8 Å². The van der Waals surface area contributed by atoms with Gasteiger partial charge in [-0.2, -0.15) is 0 Å². The summed E-state index contributed by atoms with van der Waals surface area (Å²) >= 11 is 1.87. The molecule has 3 nitrogen and oxygen atoms in total. The van der Waals surface area contributed by atoms with E-state index in [4.69, 9.17) is 0 Å². The Kier molecular flexibility index (Phi) is 4.65. The Balaban J connectivity index is 1.53. The smallest absolute Gasteiger partial charge is 0.223 e. The number of hydrogen-bond acceptors (Lipinski definition) is 3. The van der Waals surface area contributed by atoms with Gasteiger partial charge in [-0.05, 0) is 64.1 Å². The number of nitrogens with zero attached hydrogens (tertiary/aromatic N) is 1. The summed E-state index contributed by atoms with van der Waals surface area (Å²) in [5, 5.41) is 3.46. The lowest BCUT2D eigenvalue weighted by molar-refractivity contribution is -0.133. The van der Waals surface area contributed by atoms with E-state index in [1.54, 1.807) is 0 Å². The van der Waals surface area contributed by atoms with Gasteiger partial charge in [0.05, 0.1) is 0 Å². The molecule has 0 saturated carbocycles. The monoisotopic (exact) mass is 306 g/mol. The number of carbonyl (C=O) groups excluding carboxylic acids is 1. The molecule has 2 unspecified atom stereocenters. The highest BCUT2D eigenvalue weighted by Crippen LogP contribution is 2.29. The van der Waals surface area contributed by atoms with Crippen molar-refractivity contribution in [3.63, 3.8) is 0 Å². The van der Waals surface area contributed by atoms with E-state index >= 15 is 0 Å². The fourth-order valence-electron chi connectivity index (χ4n) is 3.88. The summed E-state index contributed by atoms with van der Waals surface area (Å²) in [5.74, 6) is 0.385. The first kappa shape index (κ1) is 15.0. The molecular weight excluding hydrogens is 280 g/mol. The summed E-state index contributed by atoms with van der Waals surface area (Å²) in [7, 11) is 0. The molecule has 21 heavy (non-hydrogen) atoms. The molecule has 2 atom stereocenters. The molecule has 2 fully saturated rings. The van der Waals surface area contributed by atoms with Crippen molar-refractivity contribution in [2.45, 2.75) is 64.5 Å². The molecule has 2 aliphatic rings. The van der Waals surface area contributed by atoms with Crippen molar-refractivity contribution in [2.24, 2.45) is 0 Å². The first-order valence-electron chi connectivity index (χ1n) is 8.23. The summed E-state index contributed by atoms with van der Waals surface area (Å²) in [6.07, 6.45) is 6.27. The number of aryl methyl sites for hydroxylation is 3. The third-order valence-corrected chi connectivity index (χ3v) is 5.93. The Morgan fingerprint density at radius 3 is 2.90 bits per heavy atom. The van der Waals surface area contributed by atoms with Crippen molar-refractivity contribution < 1.29 is 4.79 Å². The van der Waals surface area contributed by atoms with Crippen molar-refractivity contribution in [2.75, 3.05) is 13.1 Å². The molecule has 2 aliphatic heterocycles. The van der Waals surface area contributed by atoms with Gasteiger partial charge < -0.3 is 10.2 Å². The summed E-state index contributed by atoms with van der Waals surface area (Å²) < 4.78 is 0. The molecule has 116 valence electrons. The third kappa shape index (κ3) is 3.32. The van der Waals surface area contributed by atoms with E-state index in [1.165, 1.54) is 28.2 Å². The highest BCUT2D eigenvalue weighted by atomic mass is 32.1. The Morgan fingerprint density at radius 1 is 1.33 bits per heavy atom. The SMILES string of the molecule is Cc1cc(CCCC(=O)N2C3CCNCC2CC3)c(C)s1. The minimum Gasteiger partial charge on any atom is -0.335 e. The lowest BCUT2D eigenvalue weighted by atomic mass is 10.1. The Hall–Kier alpha value is -0.870. The molecule has 4 heteroatoms. The standard InChI is InChI=1S/C17H26N2OS/c1-12-10-14(13(2)21-12)4-3-5-17(20)19-15-6-7-16(19)11-18-9-8-15/h10,15-16,18H,3-9,11H2,1-2H3. The predicted molar refractivity (Wildman–Crippen MR) is 87.9 cm³/mol. The zero-order chi connectivity index (χ0) is 14.8. The van der Waals surface area contributed by atoms with Crippen LogP contribution in [0.1, 0.15) is 47.4 Å². The molecule has 2 bridgehead atoms. The van der Waals surface area contributed by atoms with Gasteiger partial charge in [0.2, 0.25) is 5.91 Å². The van der Waals surface area contributed by atoms with Crippen molar-refractivity contribution in [3.8, 4) is 0 Å². The highest BCUT2D eigenvalue weighted by Gasteiger charge is 2.37. The highest BCUT2D eigenvalue weighted by molar-refractivity contribution is 7.12. The van der Waals surface area contributed by atoms with Gasteiger partial charge in [-0.3, -0.25) is 4.79 Å². The summed E-state index contributed by atoms with van der Waals surface area (Å²) in [6, 6.07) is 3.24. The van der Waals surface area contributed by atoms with Crippen LogP contribution < -0.4 is 5.32 Å². The van der Waals surface area contributed by atoms with E-state index in [0.29, 0.717) is 24.4 Å². The van der Waals surface area contributed by atoms with Crippen molar-refractivity contribution in [1.29, 1.82) is 0 Å². The molecule has 0 aliphatic carbocycles. The molecular formula is C17H26N2OS. The number of fused-ring (bicyclic) bond motifs is 2. The van der Waals surface area contributed by atoms with Crippen molar-refractivity contribution in [3.05, 3.63) is 21.4 Å². The van der Waals surface area contributed by atoms with Gasteiger partial charge in [0.15, 0.2) is 0 Å². The molecule has 1 aromatic rings. The summed E-state index contributed by atoms with van der Waals surface area (Å²) in [6.45, 7) is 6.41. The maximum atomic E-state index is 12.6. The van der Waals surface area contributed by atoms with E-state index in [2.05, 4.69) is 30.1 Å². The molecule has 2 saturated heterocycles. The largest absolute Gasteiger partial charge is 0.335 e. The van der Waals surface area contributed by atoms with Gasteiger partial charge in [-0.25, -0.2) is 0 Å². The topological polar surface area (TPSA) is 32.3 Å². The number of amides is 1. The zero-order valence-electron chi connectivity index (χ0n) is 13.2. The maximum absolute atomic E-state index is 12.6. The van der Waals surface area contributed by atoms with E-state index in [-0.39, 0.29) is 0 Å². The van der Waals surface area contributed by atoms with Crippen LogP contribution in [0.3, 0.4) is 0 Å². The lowest BCUT2D eigenvalue weighted by Gasteiger charge is -2.28. The van der Waals surface area contributed by atoms with Gasteiger partial charge in [0.25, 0.3) is 0 Å². The van der Waals surface area contributed by atoms with Crippen molar-refractivity contribution in [1.82, 2.24) is 10.2 Å². The molecule has 0 radical (unpaired) electrons. The molecule has 3 heterocycles. The van der Waals surface area contributed by atoms with Crippen LogP contribution in [0.15, 0.2) is 6.07 Å². The molecule has 1 amide bonds. The first-order valence-corrected chi connectivity index (χ1v) is 9.04. The van der Waals surface area contributed by atoms with Crippen LogP contribution in [0.25, 0.3) is 0 Å². The van der Waals surface area contributed by atoms with Crippen LogP contribution >= 0.6 is 11.3 Å². The van der Waals surface area contributed by atoms with Crippen LogP contribution in [-0.2, 0) is 11.2 Å². The Bertz CT molecular complexity index is 497. The van der Waals surface area contributed by atoms with E-state index in [1.807, 2.05) is 11.3 Å². The molecule has 1 aromatic heterocycles. The first-order chi connectivity index (χ1) is 10.1. The fourth-order valence-corrected chi connectivity index (χ4v) is 4.86. The quantitative estimate of drug-likeness (QED) is 0.927. The average Bonchev–Trinajstić information content (AvgIpc) is 2.87. The predicted octanol–water partition coefficient (Wildman–Crippen LogP) is 3.04. The number of thiophene rings is 1. The Labute approximate surface area is 131 Å². The lowest BCUT2D eigenvalue weighted by Crippen LogP contribution is -2.42. The minimum atomic E-state index is 0.385. The second kappa shape index (κ2) is 6.49. The number of hydrogen-bond donors (Lipinski definition) is 1. The second-order valence-electron chi connectivity index (χ2n) is 6.47. The number of nitrogens with one attached hydrogen (secondary N) is 1. The van der Waals surface area contributed by atoms with Crippen LogP contribution in [0.5, 0.6) is 0 Å². The van der Waals surface area contributed by atoms with Crippen LogP contribution in [0.2, 0.25) is 0 Å². The van der Waals surface area contributed by atoms with Gasteiger partial charge >= 0.3 is 0 Å². The van der Waals surface area contributed by atoms with Gasteiger partial charge in [0, 0.05) is 34.8 Å². The fraction of sp³-hybridized carbons (Fsp3) is 0.706. The van der Waals surface area contributed by atoms with Gasteiger partial charge in [-0.15, -0.1) is 11.3 Å².